The quantitative estimate of drug-likeness (QED) is 0.181. The standard InChI is InChI=1S/C43H36N4/c1-29-21-22-44-32(4)43(29)47(37-19-11-17-35(23-37)41-25-39(30(2)27-45-41)33-13-7-5-8-14-33)38-20-12-18-36(24-38)42-26-40(31(3)28-46-42)34-15-9-6-10-16-34/h5-28H,1-4H3. The van der Waals surface area contributed by atoms with Crippen LogP contribution in [0.15, 0.2) is 146 Å². The van der Waals surface area contributed by atoms with Gasteiger partial charge in [0.15, 0.2) is 0 Å². The summed E-state index contributed by atoms with van der Waals surface area (Å²) in [6.45, 7) is 8.45. The summed E-state index contributed by atoms with van der Waals surface area (Å²) in [6, 6.07) is 44.7. The first kappa shape index (κ1) is 29.8. The Morgan fingerprint density at radius 2 is 0.894 bits per heavy atom. The van der Waals surface area contributed by atoms with Gasteiger partial charge in [-0.3, -0.25) is 15.0 Å². The molecule has 0 radical (unpaired) electrons. The van der Waals surface area contributed by atoms with E-state index in [1.807, 2.05) is 30.7 Å². The third-order valence-electron chi connectivity index (χ3n) is 8.71. The lowest BCUT2D eigenvalue weighted by Crippen LogP contribution is -2.14. The minimum absolute atomic E-state index is 0.932. The second kappa shape index (κ2) is 12.9. The van der Waals surface area contributed by atoms with Crippen molar-refractivity contribution in [3.8, 4) is 44.8 Å². The predicted molar refractivity (Wildman–Crippen MR) is 195 cm³/mol. The van der Waals surface area contributed by atoms with Gasteiger partial charge in [0.2, 0.25) is 0 Å². The normalized spacial score (nSPS) is 11.0. The van der Waals surface area contributed by atoms with E-state index in [2.05, 4.69) is 148 Å². The van der Waals surface area contributed by atoms with Gasteiger partial charge in [0, 0.05) is 41.1 Å². The van der Waals surface area contributed by atoms with E-state index >= 15 is 0 Å². The third-order valence-corrected chi connectivity index (χ3v) is 8.71. The van der Waals surface area contributed by atoms with Gasteiger partial charge in [0.1, 0.15) is 0 Å². The molecular formula is C43H36N4. The minimum atomic E-state index is 0.932. The maximum Gasteiger partial charge on any atom is 0.0709 e. The monoisotopic (exact) mass is 608 g/mol. The first-order valence-corrected chi connectivity index (χ1v) is 15.9. The molecule has 3 heterocycles. The van der Waals surface area contributed by atoms with Crippen molar-refractivity contribution in [1.82, 2.24) is 15.0 Å². The summed E-state index contributed by atoms with van der Waals surface area (Å²) in [5, 5.41) is 0. The molecule has 0 unspecified atom stereocenters. The summed E-state index contributed by atoms with van der Waals surface area (Å²) in [7, 11) is 0. The van der Waals surface area contributed by atoms with Gasteiger partial charge < -0.3 is 4.90 Å². The van der Waals surface area contributed by atoms with Gasteiger partial charge in [0.25, 0.3) is 0 Å². The highest BCUT2D eigenvalue weighted by Gasteiger charge is 2.20. The zero-order valence-corrected chi connectivity index (χ0v) is 27.1. The Hall–Kier alpha value is -5.87. The summed E-state index contributed by atoms with van der Waals surface area (Å²) >= 11 is 0. The largest absolute Gasteiger partial charge is 0.308 e. The molecule has 228 valence electrons. The van der Waals surface area contributed by atoms with Crippen LogP contribution in [0.1, 0.15) is 22.4 Å². The van der Waals surface area contributed by atoms with Gasteiger partial charge in [-0.1, -0.05) is 84.9 Å². The molecule has 0 saturated carbocycles. The topological polar surface area (TPSA) is 41.9 Å². The molecule has 0 saturated heterocycles. The fraction of sp³-hybridized carbons (Fsp3) is 0.0930. The number of nitrogens with zero attached hydrogens (tertiary/aromatic N) is 4. The average molecular weight is 609 g/mol. The van der Waals surface area contributed by atoms with Gasteiger partial charge in [0.05, 0.1) is 22.8 Å². The number of anilines is 3. The van der Waals surface area contributed by atoms with Crippen LogP contribution in [0.5, 0.6) is 0 Å². The molecule has 0 N–H and O–H groups in total. The number of aromatic nitrogens is 3. The Balaban J connectivity index is 1.35. The summed E-state index contributed by atoms with van der Waals surface area (Å²) in [6.07, 6.45) is 5.82. The molecule has 0 aliphatic rings. The van der Waals surface area contributed by atoms with Crippen LogP contribution in [-0.2, 0) is 0 Å². The maximum absolute atomic E-state index is 4.87. The van der Waals surface area contributed by atoms with Crippen LogP contribution in [0.2, 0.25) is 0 Å². The van der Waals surface area contributed by atoms with Crippen LogP contribution >= 0.6 is 0 Å². The van der Waals surface area contributed by atoms with E-state index in [-0.39, 0.29) is 0 Å². The third kappa shape index (κ3) is 6.06. The Morgan fingerprint density at radius 3 is 1.36 bits per heavy atom. The Kier molecular flexibility index (Phi) is 8.16. The zero-order chi connectivity index (χ0) is 32.3. The van der Waals surface area contributed by atoms with Crippen molar-refractivity contribution in [2.45, 2.75) is 27.7 Å². The van der Waals surface area contributed by atoms with E-state index in [9.17, 15) is 0 Å². The molecule has 0 bridgehead atoms. The molecule has 47 heavy (non-hydrogen) atoms. The fourth-order valence-corrected chi connectivity index (χ4v) is 6.26. The lowest BCUT2D eigenvalue weighted by Gasteiger charge is -2.29. The molecular weight excluding hydrogens is 573 g/mol. The summed E-state index contributed by atoms with van der Waals surface area (Å²) in [4.78, 5) is 16.8. The smallest absolute Gasteiger partial charge is 0.0709 e. The molecule has 4 heteroatoms. The number of pyridine rings is 3. The first-order chi connectivity index (χ1) is 23.0. The summed E-state index contributed by atoms with van der Waals surface area (Å²) < 4.78 is 0. The molecule has 4 nitrogen and oxygen atoms in total. The van der Waals surface area contributed by atoms with E-state index in [0.29, 0.717) is 0 Å². The SMILES string of the molecule is Cc1cnc(-c2cccc(N(c3cccc(-c4cc(-c5ccccc5)c(C)cn4)c3)c3c(C)ccnc3C)c2)cc1-c1ccccc1. The molecule has 4 aromatic carbocycles. The molecule has 0 aliphatic heterocycles. The lowest BCUT2D eigenvalue weighted by atomic mass is 9.99. The van der Waals surface area contributed by atoms with Crippen LogP contribution in [0.3, 0.4) is 0 Å². The van der Waals surface area contributed by atoms with Crippen LogP contribution in [0, 0.1) is 27.7 Å². The maximum atomic E-state index is 4.87. The molecule has 7 rings (SSSR count). The van der Waals surface area contributed by atoms with Gasteiger partial charge >= 0.3 is 0 Å². The highest BCUT2D eigenvalue weighted by atomic mass is 15.2. The fourth-order valence-electron chi connectivity index (χ4n) is 6.26. The second-order valence-electron chi connectivity index (χ2n) is 12.0. The van der Waals surface area contributed by atoms with Crippen molar-refractivity contribution in [2.24, 2.45) is 0 Å². The van der Waals surface area contributed by atoms with Crippen molar-refractivity contribution < 1.29 is 0 Å². The van der Waals surface area contributed by atoms with Crippen molar-refractivity contribution in [3.63, 3.8) is 0 Å². The highest BCUT2D eigenvalue weighted by molar-refractivity contribution is 5.84. The second-order valence-corrected chi connectivity index (χ2v) is 12.0. The molecule has 0 aliphatic carbocycles. The molecule has 0 atom stereocenters. The van der Waals surface area contributed by atoms with Crippen LogP contribution in [-0.4, -0.2) is 15.0 Å². The zero-order valence-electron chi connectivity index (χ0n) is 27.1. The van der Waals surface area contributed by atoms with Gasteiger partial charge in [-0.05, 0) is 109 Å². The number of aryl methyl sites for hydroxylation is 4. The molecule has 0 fully saturated rings. The lowest BCUT2D eigenvalue weighted by molar-refractivity contribution is 1.12. The minimum Gasteiger partial charge on any atom is -0.308 e. The molecule has 7 aromatic rings. The van der Waals surface area contributed by atoms with E-state index < -0.39 is 0 Å². The average Bonchev–Trinajstić information content (AvgIpc) is 3.11. The van der Waals surface area contributed by atoms with Crippen molar-refractivity contribution in [3.05, 3.63) is 168 Å². The first-order valence-electron chi connectivity index (χ1n) is 15.9. The van der Waals surface area contributed by atoms with Gasteiger partial charge in [-0.15, -0.1) is 0 Å². The summed E-state index contributed by atoms with van der Waals surface area (Å²) in [5.74, 6) is 0. The van der Waals surface area contributed by atoms with E-state index in [1.54, 1.807) is 0 Å². The van der Waals surface area contributed by atoms with E-state index in [1.165, 1.54) is 22.3 Å². The van der Waals surface area contributed by atoms with Crippen LogP contribution in [0.4, 0.5) is 17.1 Å². The Labute approximate surface area is 277 Å². The Morgan fingerprint density at radius 1 is 0.426 bits per heavy atom. The van der Waals surface area contributed by atoms with E-state index in [0.717, 1.165) is 62.0 Å². The predicted octanol–water partition coefficient (Wildman–Crippen LogP) is 11.2. The number of benzene rings is 4. The van der Waals surface area contributed by atoms with Crippen LogP contribution < -0.4 is 4.90 Å². The Bertz CT molecular complexity index is 2040. The van der Waals surface area contributed by atoms with Crippen molar-refractivity contribution in [1.29, 1.82) is 0 Å². The summed E-state index contributed by atoms with van der Waals surface area (Å²) in [5.41, 5.74) is 16.2. The highest BCUT2D eigenvalue weighted by Crippen LogP contribution is 2.41. The molecule has 3 aromatic heterocycles. The number of rotatable bonds is 7. The number of hydrogen-bond acceptors (Lipinski definition) is 4. The van der Waals surface area contributed by atoms with Gasteiger partial charge in [-0.2, -0.15) is 0 Å². The molecule has 0 amide bonds. The van der Waals surface area contributed by atoms with Crippen molar-refractivity contribution >= 4 is 17.1 Å². The van der Waals surface area contributed by atoms with Gasteiger partial charge in [-0.25, -0.2) is 0 Å². The molecule has 0 spiro atoms. The van der Waals surface area contributed by atoms with E-state index in [4.69, 9.17) is 15.0 Å². The number of hydrogen-bond donors (Lipinski definition) is 0. The van der Waals surface area contributed by atoms with Crippen LogP contribution in [0.25, 0.3) is 44.8 Å². The van der Waals surface area contributed by atoms with Crippen molar-refractivity contribution in [2.75, 3.05) is 4.90 Å².